The number of halogens is 1. The number of hydrogen-bond donors (Lipinski definition) is 1. The van der Waals surface area contributed by atoms with Gasteiger partial charge < -0.3 is 10.1 Å². The van der Waals surface area contributed by atoms with Crippen LogP contribution in [0, 0.1) is 5.82 Å². The Labute approximate surface area is 116 Å². The summed E-state index contributed by atoms with van der Waals surface area (Å²) < 4.78 is 17.3. The van der Waals surface area contributed by atoms with Crippen molar-refractivity contribution in [1.29, 1.82) is 0 Å². The molecule has 0 aliphatic carbocycles. The normalized spacial score (nSPS) is 9.90. The maximum absolute atomic E-state index is 12.7. The molecule has 1 amide bonds. The fourth-order valence-corrected chi connectivity index (χ4v) is 1.48. The number of Topliss-reactive ketones (excluding diaryl/α,β-unsaturated/α-hetero) is 1. The van der Waals surface area contributed by atoms with Gasteiger partial charge in [0.05, 0.1) is 6.61 Å². The highest BCUT2D eigenvalue weighted by Gasteiger charge is 2.10. The molecule has 5 nitrogen and oxygen atoms in total. The minimum atomic E-state index is -0.522. The number of rotatable bonds is 7. The first-order valence-electron chi connectivity index (χ1n) is 6.24. The summed E-state index contributed by atoms with van der Waals surface area (Å²) in [5, 5.41) is 2.36. The van der Waals surface area contributed by atoms with Crippen LogP contribution < -0.4 is 5.32 Å². The summed E-state index contributed by atoms with van der Waals surface area (Å²) in [4.78, 5) is 34.1. The lowest BCUT2D eigenvalue weighted by atomic mass is 10.1. The van der Waals surface area contributed by atoms with Crippen molar-refractivity contribution in [1.82, 2.24) is 5.32 Å². The van der Waals surface area contributed by atoms with E-state index in [9.17, 15) is 18.8 Å². The molecule has 0 aliphatic heterocycles. The number of benzene rings is 1. The van der Waals surface area contributed by atoms with Crippen LogP contribution in [0.5, 0.6) is 0 Å². The van der Waals surface area contributed by atoms with E-state index in [0.29, 0.717) is 5.56 Å². The molecule has 0 heterocycles. The van der Waals surface area contributed by atoms with Crippen LogP contribution in [0.1, 0.15) is 30.1 Å². The van der Waals surface area contributed by atoms with E-state index in [1.54, 1.807) is 6.92 Å². The maximum atomic E-state index is 12.7. The van der Waals surface area contributed by atoms with E-state index in [1.165, 1.54) is 24.3 Å². The van der Waals surface area contributed by atoms with Gasteiger partial charge in [-0.25, -0.2) is 4.39 Å². The Morgan fingerprint density at radius 2 is 1.80 bits per heavy atom. The van der Waals surface area contributed by atoms with Crippen LogP contribution in [-0.4, -0.2) is 30.8 Å². The van der Waals surface area contributed by atoms with Crippen molar-refractivity contribution in [3.05, 3.63) is 35.6 Å². The maximum Gasteiger partial charge on any atom is 0.325 e. The second kappa shape index (κ2) is 8.04. The highest BCUT2D eigenvalue weighted by atomic mass is 19.1. The smallest absolute Gasteiger partial charge is 0.325 e. The molecule has 6 heteroatoms. The predicted molar refractivity (Wildman–Crippen MR) is 69.6 cm³/mol. The van der Waals surface area contributed by atoms with Crippen LogP contribution >= 0.6 is 0 Å². The molecule has 0 aromatic heterocycles. The third-order valence-electron chi connectivity index (χ3n) is 2.48. The zero-order valence-corrected chi connectivity index (χ0v) is 11.1. The highest BCUT2D eigenvalue weighted by molar-refractivity contribution is 5.98. The van der Waals surface area contributed by atoms with E-state index in [-0.39, 0.29) is 31.8 Å². The Morgan fingerprint density at radius 3 is 2.40 bits per heavy atom. The van der Waals surface area contributed by atoms with Gasteiger partial charge in [-0.3, -0.25) is 14.4 Å². The molecule has 0 spiro atoms. The Balaban J connectivity index is 2.32. The van der Waals surface area contributed by atoms with Crippen LogP contribution in [-0.2, 0) is 14.3 Å². The molecule has 0 fully saturated rings. The average Bonchev–Trinajstić information content (AvgIpc) is 2.43. The molecular formula is C14H16FNO4. The number of hydrogen-bond acceptors (Lipinski definition) is 4. The number of carbonyl (C=O) groups excluding carboxylic acids is 3. The number of amides is 1. The highest BCUT2D eigenvalue weighted by Crippen LogP contribution is 2.07. The van der Waals surface area contributed by atoms with Crippen molar-refractivity contribution >= 4 is 17.7 Å². The summed E-state index contributed by atoms with van der Waals surface area (Å²) in [6.07, 6.45) is -0.0318. The van der Waals surface area contributed by atoms with Crippen LogP contribution in [0.4, 0.5) is 4.39 Å². The van der Waals surface area contributed by atoms with Gasteiger partial charge >= 0.3 is 5.97 Å². The van der Waals surface area contributed by atoms with Gasteiger partial charge in [0.1, 0.15) is 12.4 Å². The molecule has 0 radical (unpaired) electrons. The van der Waals surface area contributed by atoms with Crippen molar-refractivity contribution < 1.29 is 23.5 Å². The third-order valence-corrected chi connectivity index (χ3v) is 2.48. The molecule has 108 valence electrons. The minimum absolute atomic E-state index is 0.000289. The second-order valence-electron chi connectivity index (χ2n) is 4.01. The van der Waals surface area contributed by atoms with E-state index < -0.39 is 17.7 Å². The monoisotopic (exact) mass is 281 g/mol. The van der Waals surface area contributed by atoms with Crippen LogP contribution in [0.25, 0.3) is 0 Å². The molecule has 1 aromatic rings. The summed E-state index contributed by atoms with van der Waals surface area (Å²) >= 11 is 0. The van der Waals surface area contributed by atoms with Crippen LogP contribution in [0.2, 0.25) is 0 Å². The first kappa shape index (κ1) is 15.8. The number of ketones is 1. The van der Waals surface area contributed by atoms with Gasteiger partial charge in [0, 0.05) is 18.4 Å². The van der Waals surface area contributed by atoms with Crippen molar-refractivity contribution in [3.63, 3.8) is 0 Å². The Bertz CT molecular complexity index is 484. The fourth-order valence-electron chi connectivity index (χ4n) is 1.48. The van der Waals surface area contributed by atoms with E-state index in [2.05, 4.69) is 10.1 Å². The number of ether oxygens (including phenoxy) is 1. The summed E-state index contributed by atoms with van der Waals surface area (Å²) in [7, 11) is 0. The van der Waals surface area contributed by atoms with Gasteiger partial charge in [0.2, 0.25) is 5.91 Å². The predicted octanol–water partition coefficient (Wildman–Crippen LogP) is 1.47. The second-order valence-corrected chi connectivity index (χ2v) is 4.01. The summed E-state index contributed by atoms with van der Waals surface area (Å²) in [6, 6.07) is 5.12. The van der Waals surface area contributed by atoms with Crippen LogP contribution in [0.3, 0.4) is 0 Å². The van der Waals surface area contributed by atoms with Crippen molar-refractivity contribution in [2.75, 3.05) is 13.2 Å². The summed E-state index contributed by atoms with van der Waals surface area (Å²) in [5.41, 5.74) is 0.351. The first-order chi connectivity index (χ1) is 9.52. The lowest BCUT2D eigenvalue weighted by Crippen LogP contribution is -2.30. The molecule has 0 unspecified atom stereocenters. The first-order valence-corrected chi connectivity index (χ1v) is 6.24. The SMILES string of the molecule is CCOC(=O)CNC(=O)CCC(=O)c1ccc(F)cc1. The van der Waals surface area contributed by atoms with Crippen molar-refractivity contribution in [2.45, 2.75) is 19.8 Å². The minimum Gasteiger partial charge on any atom is -0.465 e. The quantitative estimate of drug-likeness (QED) is 0.607. The summed E-state index contributed by atoms with van der Waals surface area (Å²) in [5.74, 6) is -1.61. The molecule has 1 aromatic carbocycles. The van der Waals surface area contributed by atoms with E-state index in [0.717, 1.165) is 0 Å². The number of nitrogens with one attached hydrogen (secondary N) is 1. The molecule has 20 heavy (non-hydrogen) atoms. The average molecular weight is 281 g/mol. The van der Waals surface area contributed by atoms with E-state index in [1.807, 2.05) is 0 Å². The zero-order chi connectivity index (χ0) is 15.0. The summed E-state index contributed by atoms with van der Waals surface area (Å²) in [6.45, 7) is 1.70. The van der Waals surface area contributed by atoms with Gasteiger partial charge in [-0.15, -0.1) is 0 Å². The Hall–Kier alpha value is -2.24. The Morgan fingerprint density at radius 1 is 1.15 bits per heavy atom. The molecule has 0 aliphatic rings. The molecule has 0 saturated heterocycles. The van der Waals surface area contributed by atoms with E-state index >= 15 is 0 Å². The van der Waals surface area contributed by atoms with Crippen LogP contribution in [0.15, 0.2) is 24.3 Å². The molecule has 1 N–H and O–H groups in total. The molecule has 1 rings (SSSR count). The number of esters is 1. The zero-order valence-electron chi connectivity index (χ0n) is 11.1. The molecule has 0 bridgehead atoms. The fraction of sp³-hybridized carbons (Fsp3) is 0.357. The third kappa shape index (κ3) is 5.60. The van der Waals surface area contributed by atoms with Gasteiger partial charge in [0.25, 0.3) is 0 Å². The molecular weight excluding hydrogens is 265 g/mol. The lowest BCUT2D eigenvalue weighted by Gasteiger charge is -2.04. The number of carbonyl (C=O) groups is 3. The van der Waals surface area contributed by atoms with Gasteiger partial charge in [-0.1, -0.05) is 0 Å². The Kier molecular flexibility index (Phi) is 6.36. The van der Waals surface area contributed by atoms with E-state index in [4.69, 9.17) is 0 Å². The molecule has 0 atom stereocenters. The lowest BCUT2D eigenvalue weighted by molar-refractivity contribution is -0.143. The molecule has 0 saturated carbocycles. The van der Waals surface area contributed by atoms with Crippen molar-refractivity contribution in [2.24, 2.45) is 0 Å². The topological polar surface area (TPSA) is 72.5 Å². The van der Waals surface area contributed by atoms with Gasteiger partial charge in [0.15, 0.2) is 5.78 Å². The van der Waals surface area contributed by atoms with Gasteiger partial charge in [-0.05, 0) is 31.2 Å². The largest absolute Gasteiger partial charge is 0.465 e. The van der Waals surface area contributed by atoms with Gasteiger partial charge in [-0.2, -0.15) is 0 Å². The van der Waals surface area contributed by atoms with Crippen molar-refractivity contribution in [3.8, 4) is 0 Å². The standard InChI is InChI=1S/C14H16FNO4/c1-2-20-14(19)9-16-13(18)8-7-12(17)10-3-5-11(15)6-4-10/h3-6H,2,7-9H2,1H3,(H,16,18).